The number of nitrogens with zero attached hydrogens (tertiary/aromatic N) is 1. The van der Waals surface area contributed by atoms with Gasteiger partial charge in [0.2, 0.25) is 0 Å². The van der Waals surface area contributed by atoms with Crippen molar-refractivity contribution in [3.63, 3.8) is 0 Å². The van der Waals surface area contributed by atoms with Crippen molar-refractivity contribution in [2.24, 2.45) is 10.7 Å². The van der Waals surface area contributed by atoms with Gasteiger partial charge in [0, 0.05) is 17.7 Å². The fourth-order valence-electron chi connectivity index (χ4n) is 2.44. The molecule has 0 heterocycles. The number of aliphatic imine (C=N–C) groups is 1. The van der Waals surface area contributed by atoms with Crippen LogP contribution in [0.3, 0.4) is 0 Å². The summed E-state index contributed by atoms with van der Waals surface area (Å²) >= 11 is 0. The molecule has 150 valence electrons. The summed E-state index contributed by atoms with van der Waals surface area (Å²) in [4.78, 5) is 16.5. The van der Waals surface area contributed by atoms with Gasteiger partial charge in [-0.15, -0.1) is 0 Å². The number of ether oxygens (including phenoxy) is 2. The molecule has 1 amide bonds. The zero-order valence-electron chi connectivity index (χ0n) is 16.8. The number of hydrogen-bond acceptors (Lipinski definition) is 4. The quantitative estimate of drug-likeness (QED) is 0.480. The van der Waals surface area contributed by atoms with Crippen LogP contribution in [0.15, 0.2) is 47.5 Å². The van der Waals surface area contributed by atoms with E-state index in [1.54, 1.807) is 44.6 Å². The molecule has 2 aromatic rings. The van der Waals surface area contributed by atoms with E-state index >= 15 is 0 Å². The molecule has 2 aromatic carbocycles. The van der Waals surface area contributed by atoms with Gasteiger partial charge in [0.25, 0.3) is 5.91 Å². The van der Waals surface area contributed by atoms with Crippen LogP contribution >= 0.6 is 0 Å². The lowest BCUT2D eigenvalue weighted by molar-refractivity contribution is 0.0939. The first-order valence-electron chi connectivity index (χ1n) is 9.15. The molecule has 0 aliphatic carbocycles. The van der Waals surface area contributed by atoms with E-state index < -0.39 is 0 Å². The predicted octanol–water partition coefficient (Wildman–Crippen LogP) is 3.16. The molecule has 0 fully saturated rings. The summed E-state index contributed by atoms with van der Waals surface area (Å²) in [6.07, 6.45) is 0.892. The van der Waals surface area contributed by atoms with Gasteiger partial charge in [-0.25, -0.2) is 4.99 Å². The van der Waals surface area contributed by atoms with Crippen LogP contribution in [-0.2, 0) is 6.54 Å². The molecule has 4 N–H and O–H groups in total. The molecule has 0 aromatic heterocycles. The zero-order chi connectivity index (χ0) is 20.5. The highest BCUT2D eigenvalue weighted by atomic mass is 16.5. The maximum Gasteiger partial charge on any atom is 0.251 e. The molecular weight excluding hydrogens is 356 g/mol. The van der Waals surface area contributed by atoms with Gasteiger partial charge in [0.1, 0.15) is 11.5 Å². The van der Waals surface area contributed by atoms with Gasteiger partial charge in [-0.2, -0.15) is 0 Å². The Labute approximate surface area is 165 Å². The fraction of sp³-hybridized carbons (Fsp3) is 0.333. The van der Waals surface area contributed by atoms with E-state index in [2.05, 4.69) is 15.6 Å². The summed E-state index contributed by atoms with van der Waals surface area (Å²) in [5, 5.41) is 5.97. The second-order valence-electron chi connectivity index (χ2n) is 6.37. The lowest BCUT2D eigenvalue weighted by atomic mass is 10.1. The fourth-order valence-corrected chi connectivity index (χ4v) is 2.44. The second-order valence-corrected chi connectivity index (χ2v) is 6.37. The molecule has 1 unspecified atom stereocenters. The third kappa shape index (κ3) is 5.90. The van der Waals surface area contributed by atoms with E-state index in [1.165, 1.54) is 0 Å². The van der Waals surface area contributed by atoms with Gasteiger partial charge in [-0.05, 0) is 43.2 Å². The van der Waals surface area contributed by atoms with Gasteiger partial charge >= 0.3 is 0 Å². The highest BCUT2D eigenvalue weighted by Crippen LogP contribution is 2.28. The van der Waals surface area contributed by atoms with Gasteiger partial charge in [0.15, 0.2) is 5.96 Å². The average molecular weight is 384 g/mol. The van der Waals surface area contributed by atoms with Gasteiger partial charge in [0.05, 0.1) is 26.5 Å². The van der Waals surface area contributed by atoms with E-state index in [-0.39, 0.29) is 17.9 Å². The first kappa shape index (κ1) is 21.1. The van der Waals surface area contributed by atoms with Crippen LogP contribution in [0.2, 0.25) is 0 Å². The number of amides is 1. The Bertz CT molecular complexity index is 819. The summed E-state index contributed by atoms with van der Waals surface area (Å²) in [6, 6.07) is 12.8. The Morgan fingerprint density at radius 3 is 2.46 bits per heavy atom. The molecule has 0 bridgehead atoms. The van der Waals surface area contributed by atoms with E-state index in [1.807, 2.05) is 26.0 Å². The largest absolute Gasteiger partial charge is 0.497 e. The molecule has 0 aliphatic heterocycles. The minimum absolute atomic E-state index is 0.0734. The maximum absolute atomic E-state index is 12.1. The third-order valence-corrected chi connectivity index (χ3v) is 4.31. The Kier molecular flexibility index (Phi) is 7.68. The van der Waals surface area contributed by atoms with Crippen LogP contribution in [0.5, 0.6) is 11.5 Å². The summed E-state index contributed by atoms with van der Waals surface area (Å²) in [5.41, 5.74) is 8.23. The normalized spacial score (nSPS) is 12.2. The monoisotopic (exact) mass is 384 g/mol. The number of rotatable bonds is 8. The molecule has 0 saturated heterocycles. The van der Waals surface area contributed by atoms with Gasteiger partial charge < -0.3 is 25.8 Å². The van der Waals surface area contributed by atoms with Crippen molar-refractivity contribution in [3.8, 4) is 11.5 Å². The summed E-state index contributed by atoms with van der Waals surface area (Å²) in [6.45, 7) is 4.40. The number of benzene rings is 2. The third-order valence-electron chi connectivity index (χ3n) is 4.31. The van der Waals surface area contributed by atoms with Gasteiger partial charge in [-0.1, -0.05) is 19.1 Å². The van der Waals surface area contributed by atoms with Crippen molar-refractivity contribution in [2.45, 2.75) is 32.9 Å². The van der Waals surface area contributed by atoms with Crippen molar-refractivity contribution >= 4 is 17.6 Å². The first-order valence-corrected chi connectivity index (χ1v) is 9.15. The van der Waals surface area contributed by atoms with Crippen molar-refractivity contribution in [3.05, 3.63) is 53.6 Å². The molecule has 0 saturated carbocycles. The average Bonchev–Trinajstić information content (AvgIpc) is 2.72. The number of nitrogens with two attached hydrogens (primary N) is 1. The summed E-state index contributed by atoms with van der Waals surface area (Å²) in [5.74, 6) is 1.50. The molecule has 2 rings (SSSR count). The Balaban J connectivity index is 2.00. The number of nitrogens with one attached hydrogen (secondary N) is 2. The Morgan fingerprint density at radius 2 is 1.86 bits per heavy atom. The predicted molar refractivity (Wildman–Crippen MR) is 112 cm³/mol. The van der Waals surface area contributed by atoms with E-state index in [0.717, 1.165) is 12.0 Å². The van der Waals surface area contributed by atoms with Crippen molar-refractivity contribution in [2.75, 3.05) is 19.5 Å². The molecule has 1 atom stereocenters. The molecule has 0 aliphatic rings. The number of anilines is 1. The standard InChI is InChI=1S/C21H28N4O3/c1-5-14(2)24-20(26)16-8-6-15(7-9-16)13-23-21(22)25-18-12-17(27-3)10-11-19(18)28-4/h6-12,14H,5,13H2,1-4H3,(H,24,26)(H3,22,23,25). The lowest BCUT2D eigenvalue weighted by Gasteiger charge is -2.12. The van der Waals surface area contributed by atoms with Crippen LogP contribution in [0.1, 0.15) is 36.2 Å². The van der Waals surface area contributed by atoms with Crippen LogP contribution in [-0.4, -0.2) is 32.1 Å². The smallest absolute Gasteiger partial charge is 0.251 e. The maximum atomic E-state index is 12.1. The highest BCUT2D eigenvalue weighted by molar-refractivity contribution is 5.95. The Morgan fingerprint density at radius 1 is 1.14 bits per heavy atom. The SMILES string of the molecule is CCC(C)NC(=O)c1ccc(CN=C(N)Nc2cc(OC)ccc2OC)cc1. The molecule has 0 radical (unpaired) electrons. The van der Waals surface area contributed by atoms with Crippen molar-refractivity contribution < 1.29 is 14.3 Å². The Hall–Kier alpha value is -3.22. The zero-order valence-corrected chi connectivity index (χ0v) is 16.8. The topological polar surface area (TPSA) is 98.0 Å². The number of guanidine groups is 1. The molecule has 28 heavy (non-hydrogen) atoms. The van der Waals surface area contributed by atoms with Gasteiger partial charge in [-0.3, -0.25) is 4.79 Å². The van der Waals surface area contributed by atoms with Crippen LogP contribution in [0.25, 0.3) is 0 Å². The first-order chi connectivity index (χ1) is 13.5. The second kappa shape index (κ2) is 10.2. The van der Waals surface area contributed by atoms with Crippen LogP contribution in [0, 0.1) is 0 Å². The minimum atomic E-state index is -0.0734. The lowest BCUT2D eigenvalue weighted by Crippen LogP contribution is -2.31. The van der Waals surface area contributed by atoms with E-state index in [4.69, 9.17) is 15.2 Å². The highest BCUT2D eigenvalue weighted by Gasteiger charge is 2.09. The number of methoxy groups -OCH3 is 2. The molecule has 0 spiro atoms. The van der Waals surface area contributed by atoms with E-state index in [9.17, 15) is 4.79 Å². The molecule has 7 nitrogen and oxygen atoms in total. The number of hydrogen-bond donors (Lipinski definition) is 3. The summed E-state index contributed by atoms with van der Waals surface area (Å²) in [7, 11) is 3.18. The van der Waals surface area contributed by atoms with Crippen LogP contribution < -0.4 is 25.8 Å². The number of carbonyl (C=O) groups is 1. The number of carbonyl (C=O) groups excluding carboxylic acids is 1. The molecular formula is C21H28N4O3. The van der Waals surface area contributed by atoms with Crippen molar-refractivity contribution in [1.29, 1.82) is 0 Å². The van der Waals surface area contributed by atoms with Crippen molar-refractivity contribution in [1.82, 2.24) is 5.32 Å². The van der Waals surface area contributed by atoms with Crippen LogP contribution in [0.4, 0.5) is 5.69 Å². The van der Waals surface area contributed by atoms with E-state index in [0.29, 0.717) is 29.3 Å². The molecule has 7 heteroatoms. The minimum Gasteiger partial charge on any atom is -0.497 e. The summed E-state index contributed by atoms with van der Waals surface area (Å²) < 4.78 is 10.5.